The second-order valence-corrected chi connectivity index (χ2v) is 3.82. The molecule has 0 saturated carbocycles. The maximum absolute atomic E-state index is 12.0. The average molecular weight is 228 g/mol. The molecule has 5 heteroatoms. The highest BCUT2D eigenvalue weighted by atomic mass is 19.4. The minimum atomic E-state index is -4.13. The van der Waals surface area contributed by atoms with Crippen LogP contribution in [0.25, 0.3) is 11.0 Å². The van der Waals surface area contributed by atoms with Gasteiger partial charge in [0.15, 0.2) is 0 Å². The van der Waals surface area contributed by atoms with Gasteiger partial charge < -0.3 is 4.98 Å². The van der Waals surface area contributed by atoms with E-state index in [1.165, 1.54) is 0 Å². The Balaban J connectivity index is 2.20. The van der Waals surface area contributed by atoms with E-state index in [4.69, 9.17) is 0 Å². The number of aromatic nitrogens is 2. The first kappa shape index (κ1) is 11.0. The topological polar surface area (TPSA) is 28.7 Å². The van der Waals surface area contributed by atoms with Crippen molar-refractivity contribution < 1.29 is 13.2 Å². The van der Waals surface area contributed by atoms with E-state index in [2.05, 4.69) is 9.97 Å². The van der Waals surface area contributed by atoms with Gasteiger partial charge in [0.2, 0.25) is 0 Å². The van der Waals surface area contributed by atoms with Gasteiger partial charge in [-0.2, -0.15) is 13.2 Å². The number of fused-ring (bicyclic) bond motifs is 1. The zero-order valence-electron chi connectivity index (χ0n) is 8.73. The molecular formula is C11H11F3N2. The highest BCUT2D eigenvalue weighted by Gasteiger charge is 2.27. The number of halogens is 3. The molecule has 0 fully saturated rings. The second-order valence-electron chi connectivity index (χ2n) is 3.82. The molecule has 1 N–H and O–H groups in total. The summed E-state index contributed by atoms with van der Waals surface area (Å²) in [7, 11) is 0. The summed E-state index contributed by atoms with van der Waals surface area (Å²) in [6, 6.07) is 5.56. The molecule has 0 spiro atoms. The Morgan fingerprint density at radius 1 is 1.31 bits per heavy atom. The molecule has 2 nitrogen and oxygen atoms in total. The highest BCUT2D eigenvalue weighted by Crippen LogP contribution is 2.22. The Kier molecular flexibility index (Phi) is 2.61. The molecule has 0 saturated heterocycles. The van der Waals surface area contributed by atoms with Gasteiger partial charge >= 0.3 is 6.18 Å². The summed E-state index contributed by atoms with van der Waals surface area (Å²) in [6.07, 6.45) is -5.07. The van der Waals surface area contributed by atoms with E-state index >= 15 is 0 Å². The first-order valence-electron chi connectivity index (χ1n) is 4.96. The van der Waals surface area contributed by atoms with Crippen LogP contribution in [0.3, 0.4) is 0 Å². The van der Waals surface area contributed by atoms with Crippen molar-refractivity contribution in [2.45, 2.75) is 25.9 Å². The zero-order chi connectivity index (χ0) is 11.8. The Labute approximate surface area is 90.5 Å². The number of imidazole rings is 1. The highest BCUT2D eigenvalue weighted by molar-refractivity contribution is 5.75. The van der Waals surface area contributed by atoms with E-state index in [0.29, 0.717) is 11.3 Å². The van der Waals surface area contributed by atoms with Gasteiger partial charge in [-0.25, -0.2) is 4.98 Å². The number of aromatic amines is 1. The van der Waals surface area contributed by atoms with Crippen LogP contribution in [0.5, 0.6) is 0 Å². The molecule has 0 atom stereocenters. The second kappa shape index (κ2) is 3.81. The number of alkyl halides is 3. The first-order valence-corrected chi connectivity index (χ1v) is 4.96. The average Bonchev–Trinajstić information content (AvgIpc) is 2.55. The van der Waals surface area contributed by atoms with Crippen molar-refractivity contribution in [2.24, 2.45) is 0 Å². The van der Waals surface area contributed by atoms with Gasteiger partial charge in [-0.15, -0.1) is 0 Å². The van der Waals surface area contributed by atoms with Gasteiger partial charge in [-0.1, -0.05) is 6.07 Å². The van der Waals surface area contributed by atoms with Gasteiger partial charge in [0.1, 0.15) is 5.82 Å². The van der Waals surface area contributed by atoms with Crippen LogP contribution in [0.1, 0.15) is 17.8 Å². The van der Waals surface area contributed by atoms with E-state index in [1.54, 1.807) is 6.07 Å². The van der Waals surface area contributed by atoms with Crippen LogP contribution in [-0.4, -0.2) is 16.1 Å². The molecule has 0 aliphatic rings. The molecule has 0 bridgehead atoms. The largest absolute Gasteiger partial charge is 0.389 e. The minimum Gasteiger partial charge on any atom is -0.342 e. The number of rotatable bonds is 2. The van der Waals surface area contributed by atoms with Crippen molar-refractivity contribution in [3.05, 3.63) is 29.6 Å². The van der Waals surface area contributed by atoms with E-state index < -0.39 is 12.6 Å². The van der Waals surface area contributed by atoms with Crippen LogP contribution >= 0.6 is 0 Å². The first-order chi connectivity index (χ1) is 7.44. The third kappa shape index (κ3) is 2.53. The molecule has 16 heavy (non-hydrogen) atoms. The number of benzene rings is 1. The van der Waals surface area contributed by atoms with Gasteiger partial charge in [0.25, 0.3) is 0 Å². The van der Waals surface area contributed by atoms with Crippen LogP contribution < -0.4 is 0 Å². The fourth-order valence-electron chi connectivity index (χ4n) is 1.55. The Bertz CT molecular complexity index is 499. The van der Waals surface area contributed by atoms with Gasteiger partial charge in [-0.3, -0.25) is 0 Å². The lowest BCUT2D eigenvalue weighted by Gasteiger charge is -2.02. The molecule has 0 radical (unpaired) electrons. The lowest BCUT2D eigenvalue weighted by Crippen LogP contribution is -2.09. The summed E-state index contributed by atoms with van der Waals surface area (Å²) in [4.78, 5) is 7.00. The van der Waals surface area contributed by atoms with Crippen LogP contribution in [0.2, 0.25) is 0 Å². The molecule has 0 aliphatic carbocycles. The van der Waals surface area contributed by atoms with Crippen LogP contribution in [0, 0.1) is 6.92 Å². The van der Waals surface area contributed by atoms with Gasteiger partial charge in [0.05, 0.1) is 17.5 Å². The maximum Gasteiger partial charge on any atom is 0.389 e. The van der Waals surface area contributed by atoms with Crippen LogP contribution in [0.15, 0.2) is 18.2 Å². The molecule has 0 unspecified atom stereocenters. The number of aryl methyl sites for hydroxylation is 2. The zero-order valence-corrected chi connectivity index (χ0v) is 8.73. The molecule has 2 rings (SSSR count). The lowest BCUT2D eigenvalue weighted by atomic mass is 10.2. The fourth-order valence-corrected chi connectivity index (χ4v) is 1.55. The summed E-state index contributed by atoms with van der Waals surface area (Å²) in [5.41, 5.74) is 2.55. The standard InChI is InChI=1S/C11H11F3N2/c1-7-2-3-8-9(6-7)16-10(15-8)4-5-11(12,13)14/h2-3,6H,4-5H2,1H3,(H,15,16). The molecule has 1 aromatic heterocycles. The maximum atomic E-state index is 12.0. The third-order valence-electron chi connectivity index (χ3n) is 2.33. The Morgan fingerprint density at radius 3 is 2.75 bits per heavy atom. The quantitative estimate of drug-likeness (QED) is 0.838. The van der Waals surface area contributed by atoms with E-state index in [0.717, 1.165) is 11.1 Å². The molecule has 86 valence electrons. The van der Waals surface area contributed by atoms with Crippen molar-refractivity contribution in [2.75, 3.05) is 0 Å². The molecule has 1 aromatic carbocycles. The number of nitrogens with one attached hydrogen (secondary N) is 1. The van der Waals surface area contributed by atoms with Gasteiger partial charge in [-0.05, 0) is 24.6 Å². The summed E-state index contributed by atoms with van der Waals surface area (Å²) >= 11 is 0. The minimum absolute atomic E-state index is 0.1000. The molecule has 2 aromatic rings. The number of H-pyrrole nitrogens is 1. The fraction of sp³-hybridized carbons (Fsp3) is 0.364. The number of hydrogen-bond acceptors (Lipinski definition) is 1. The number of hydrogen-bond donors (Lipinski definition) is 1. The SMILES string of the molecule is Cc1ccc2nc(CCC(F)(F)F)[nH]c2c1. The van der Waals surface area contributed by atoms with E-state index in [1.807, 2.05) is 19.1 Å². The third-order valence-corrected chi connectivity index (χ3v) is 2.33. The predicted octanol–water partition coefficient (Wildman–Crippen LogP) is 3.37. The van der Waals surface area contributed by atoms with Crippen molar-refractivity contribution in [1.82, 2.24) is 9.97 Å². The summed E-state index contributed by atoms with van der Waals surface area (Å²) in [5.74, 6) is 0.387. The van der Waals surface area contributed by atoms with E-state index in [9.17, 15) is 13.2 Å². The Morgan fingerprint density at radius 2 is 2.06 bits per heavy atom. The number of nitrogens with zero attached hydrogens (tertiary/aromatic N) is 1. The van der Waals surface area contributed by atoms with Crippen molar-refractivity contribution in [3.8, 4) is 0 Å². The van der Waals surface area contributed by atoms with Crippen molar-refractivity contribution >= 4 is 11.0 Å². The molecular weight excluding hydrogens is 217 g/mol. The van der Waals surface area contributed by atoms with Gasteiger partial charge in [0, 0.05) is 6.42 Å². The lowest BCUT2D eigenvalue weighted by molar-refractivity contribution is -0.134. The molecule has 1 heterocycles. The molecule has 0 amide bonds. The summed E-state index contributed by atoms with van der Waals surface area (Å²) < 4.78 is 36.1. The Hall–Kier alpha value is -1.52. The van der Waals surface area contributed by atoms with Crippen LogP contribution in [0.4, 0.5) is 13.2 Å². The normalized spacial score (nSPS) is 12.2. The van der Waals surface area contributed by atoms with Crippen LogP contribution in [-0.2, 0) is 6.42 Å². The predicted molar refractivity (Wildman–Crippen MR) is 55.2 cm³/mol. The summed E-state index contributed by atoms with van der Waals surface area (Å²) in [5, 5.41) is 0. The smallest absolute Gasteiger partial charge is 0.342 e. The van der Waals surface area contributed by atoms with Crippen molar-refractivity contribution in [3.63, 3.8) is 0 Å². The van der Waals surface area contributed by atoms with E-state index in [-0.39, 0.29) is 6.42 Å². The molecule has 0 aliphatic heterocycles. The monoisotopic (exact) mass is 228 g/mol. The van der Waals surface area contributed by atoms with Crippen molar-refractivity contribution in [1.29, 1.82) is 0 Å². The summed E-state index contributed by atoms with van der Waals surface area (Å²) in [6.45, 7) is 1.93.